The third kappa shape index (κ3) is 2.64. The van der Waals surface area contributed by atoms with E-state index in [0.717, 1.165) is 0 Å². The summed E-state index contributed by atoms with van der Waals surface area (Å²) in [7, 11) is 0. The molecule has 5 heteroatoms. The lowest BCUT2D eigenvalue weighted by Crippen LogP contribution is -2.28. The minimum Gasteiger partial charge on any atom is -0.480 e. The molecule has 0 spiro atoms. The van der Waals surface area contributed by atoms with E-state index in [0.29, 0.717) is 11.6 Å². The summed E-state index contributed by atoms with van der Waals surface area (Å²) in [5.74, 6) is -0.920. The van der Waals surface area contributed by atoms with E-state index in [1.165, 1.54) is 11.3 Å². The lowest BCUT2D eigenvalue weighted by molar-refractivity contribution is -0.139. The normalized spacial score (nSPS) is 12.3. The molecule has 1 heterocycles. The lowest BCUT2D eigenvalue weighted by atomic mass is 10.3. The Hall–Kier alpha value is -1.20. The van der Waals surface area contributed by atoms with Crippen LogP contribution in [0.25, 0.3) is 0 Å². The molecule has 1 aromatic heterocycles. The summed E-state index contributed by atoms with van der Waals surface area (Å²) < 4.78 is 0. The first-order chi connectivity index (χ1) is 6.25. The lowest BCUT2D eigenvalue weighted by Gasteiger charge is -2.09. The fourth-order valence-electron chi connectivity index (χ4n) is 0.858. The Kier molecular flexibility index (Phi) is 3.60. The zero-order valence-electron chi connectivity index (χ0n) is 6.93. The molecule has 0 saturated carbocycles. The summed E-state index contributed by atoms with van der Waals surface area (Å²) >= 11 is 1.32. The van der Waals surface area contributed by atoms with Crippen LogP contribution in [0.5, 0.6) is 0 Å². The number of carboxylic acid groups (broad SMARTS) is 1. The molecule has 0 aliphatic rings. The Morgan fingerprint density at radius 1 is 1.92 bits per heavy atom. The second-order valence-electron chi connectivity index (χ2n) is 2.34. The van der Waals surface area contributed by atoms with Gasteiger partial charge in [-0.15, -0.1) is 17.9 Å². The van der Waals surface area contributed by atoms with Gasteiger partial charge in [0.05, 0.1) is 0 Å². The molecule has 0 fully saturated rings. The summed E-state index contributed by atoms with van der Waals surface area (Å²) in [5, 5.41) is 14.0. The molecule has 1 unspecified atom stereocenters. The highest BCUT2D eigenvalue weighted by molar-refractivity contribution is 7.09. The number of thiazole rings is 1. The number of nitrogens with one attached hydrogen (secondary N) is 1. The van der Waals surface area contributed by atoms with Gasteiger partial charge in [0.1, 0.15) is 5.01 Å². The van der Waals surface area contributed by atoms with Gasteiger partial charge in [0, 0.05) is 18.1 Å². The molecule has 0 saturated heterocycles. The van der Waals surface area contributed by atoms with Crippen molar-refractivity contribution in [3.05, 3.63) is 29.2 Å². The average Bonchev–Trinajstić information content (AvgIpc) is 2.57. The Balaban J connectivity index is 2.68. The molecular formula is C8H10N2O2S. The minimum atomic E-state index is -0.920. The van der Waals surface area contributed by atoms with Gasteiger partial charge >= 0.3 is 5.97 Å². The smallest absolute Gasteiger partial charge is 0.327 e. The van der Waals surface area contributed by atoms with Crippen LogP contribution in [-0.4, -0.2) is 22.6 Å². The molecule has 13 heavy (non-hydrogen) atoms. The predicted molar refractivity (Wildman–Crippen MR) is 50.7 cm³/mol. The van der Waals surface area contributed by atoms with Crippen molar-refractivity contribution in [3.63, 3.8) is 0 Å². The van der Waals surface area contributed by atoms with Crippen molar-refractivity contribution in [1.82, 2.24) is 10.3 Å². The zero-order chi connectivity index (χ0) is 9.68. The van der Waals surface area contributed by atoms with Crippen molar-refractivity contribution in [2.45, 2.75) is 6.04 Å². The Bertz CT molecular complexity index is 284. The molecule has 0 bridgehead atoms. The summed E-state index contributed by atoms with van der Waals surface area (Å²) in [6, 6.07) is -0.724. The second kappa shape index (κ2) is 4.74. The van der Waals surface area contributed by atoms with E-state index >= 15 is 0 Å². The third-order valence-electron chi connectivity index (χ3n) is 1.41. The second-order valence-corrected chi connectivity index (χ2v) is 3.26. The topological polar surface area (TPSA) is 62.2 Å². The zero-order valence-corrected chi connectivity index (χ0v) is 7.75. The van der Waals surface area contributed by atoms with Crippen LogP contribution in [0.1, 0.15) is 11.0 Å². The molecule has 0 radical (unpaired) electrons. The minimum absolute atomic E-state index is 0.455. The molecule has 2 N–H and O–H groups in total. The van der Waals surface area contributed by atoms with Crippen molar-refractivity contribution >= 4 is 17.3 Å². The quantitative estimate of drug-likeness (QED) is 0.694. The molecule has 0 amide bonds. The average molecular weight is 198 g/mol. The molecule has 1 rings (SSSR count). The summed E-state index contributed by atoms with van der Waals surface area (Å²) in [4.78, 5) is 14.7. The van der Waals surface area contributed by atoms with Gasteiger partial charge in [0.15, 0.2) is 6.04 Å². The van der Waals surface area contributed by atoms with Crippen LogP contribution in [0.4, 0.5) is 0 Å². The third-order valence-corrected chi connectivity index (χ3v) is 2.25. The molecule has 1 atom stereocenters. The van der Waals surface area contributed by atoms with Crippen LogP contribution in [0.3, 0.4) is 0 Å². The molecule has 4 nitrogen and oxygen atoms in total. The molecule has 0 aliphatic carbocycles. The highest BCUT2D eigenvalue weighted by Gasteiger charge is 2.20. The van der Waals surface area contributed by atoms with Crippen LogP contribution in [0.15, 0.2) is 24.2 Å². The van der Waals surface area contributed by atoms with Crippen molar-refractivity contribution in [2.75, 3.05) is 6.54 Å². The van der Waals surface area contributed by atoms with Crippen LogP contribution in [-0.2, 0) is 4.79 Å². The molecule has 0 aliphatic heterocycles. The Labute approximate surface area is 79.9 Å². The van der Waals surface area contributed by atoms with Crippen molar-refractivity contribution in [2.24, 2.45) is 0 Å². The molecule has 1 aromatic rings. The van der Waals surface area contributed by atoms with Crippen molar-refractivity contribution in [1.29, 1.82) is 0 Å². The number of hydrogen-bond donors (Lipinski definition) is 2. The van der Waals surface area contributed by atoms with E-state index in [1.807, 2.05) is 0 Å². The first kappa shape index (κ1) is 9.88. The van der Waals surface area contributed by atoms with E-state index in [9.17, 15) is 4.79 Å². The van der Waals surface area contributed by atoms with Gasteiger partial charge in [-0.2, -0.15) is 0 Å². The largest absolute Gasteiger partial charge is 0.480 e. The fourth-order valence-corrected chi connectivity index (χ4v) is 1.56. The van der Waals surface area contributed by atoms with Crippen LogP contribution < -0.4 is 5.32 Å². The standard InChI is InChI=1S/C8H10N2O2S/c1-2-3-9-6(8(11)12)7-10-4-5-13-7/h2,4-6,9H,1,3H2,(H,11,12). The Morgan fingerprint density at radius 3 is 3.15 bits per heavy atom. The molecular weight excluding hydrogens is 188 g/mol. The summed E-state index contributed by atoms with van der Waals surface area (Å²) in [6.07, 6.45) is 3.20. The number of nitrogens with zero attached hydrogens (tertiary/aromatic N) is 1. The first-order valence-corrected chi connectivity index (χ1v) is 4.60. The van der Waals surface area contributed by atoms with E-state index in [1.54, 1.807) is 17.7 Å². The van der Waals surface area contributed by atoms with Gasteiger partial charge in [-0.3, -0.25) is 10.1 Å². The van der Waals surface area contributed by atoms with Gasteiger partial charge in [-0.25, -0.2) is 4.98 Å². The maximum absolute atomic E-state index is 10.8. The number of rotatable bonds is 5. The monoisotopic (exact) mass is 198 g/mol. The van der Waals surface area contributed by atoms with Crippen molar-refractivity contribution in [3.8, 4) is 0 Å². The molecule has 0 aromatic carbocycles. The number of aliphatic carboxylic acids is 1. The number of aromatic nitrogens is 1. The maximum Gasteiger partial charge on any atom is 0.327 e. The molecule has 70 valence electrons. The summed E-state index contributed by atoms with van der Waals surface area (Å²) in [6.45, 7) is 3.96. The van der Waals surface area contributed by atoms with E-state index in [4.69, 9.17) is 5.11 Å². The SMILES string of the molecule is C=CCNC(C(=O)O)c1nccs1. The maximum atomic E-state index is 10.8. The van der Waals surface area contributed by atoms with Gasteiger partial charge in [-0.05, 0) is 0 Å². The van der Waals surface area contributed by atoms with Gasteiger partial charge in [0.2, 0.25) is 0 Å². The van der Waals surface area contributed by atoms with Crippen LogP contribution >= 0.6 is 11.3 Å². The fraction of sp³-hybridized carbons (Fsp3) is 0.250. The van der Waals surface area contributed by atoms with Gasteiger partial charge in [-0.1, -0.05) is 6.08 Å². The number of hydrogen-bond acceptors (Lipinski definition) is 4. The number of carbonyl (C=O) groups is 1. The van der Waals surface area contributed by atoms with E-state index < -0.39 is 12.0 Å². The van der Waals surface area contributed by atoms with Crippen molar-refractivity contribution < 1.29 is 9.90 Å². The summed E-state index contributed by atoms with van der Waals surface area (Å²) in [5.41, 5.74) is 0. The number of carboxylic acids is 1. The van der Waals surface area contributed by atoms with Crippen LogP contribution in [0, 0.1) is 0 Å². The van der Waals surface area contributed by atoms with Crippen LogP contribution in [0.2, 0.25) is 0 Å². The highest BCUT2D eigenvalue weighted by atomic mass is 32.1. The Morgan fingerprint density at radius 2 is 2.69 bits per heavy atom. The predicted octanol–water partition coefficient (Wildman–Crippen LogP) is 1.04. The van der Waals surface area contributed by atoms with Gasteiger partial charge in [0.25, 0.3) is 0 Å². The van der Waals surface area contributed by atoms with E-state index in [-0.39, 0.29) is 0 Å². The highest BCUT2D eigenvalue weighted by Crippen LogP contribution is 2.15. The van der Waals surface area contributed by atoms with Gasteiger partial charge < -0.3 is 5.11 Å². The van der Waals surface area contributed by atoms with E-state index in [2.05, 4.69) is 16.9 Å². The first-order valence-electron chi connectivity index (χ1n) is 3.72.